The third-order valence-electron chi connectivity index (χ3n) is 6.08. The van der Waals surface area contributed by atoms with E-state index in [9.17, 15) is 4.39 Å². The van der Waals surface area contributed by atoms with Crippen LogP contribution in [0.3, 0.4) is 0 Å². The van der Waals surface area contributed by atoms with Crippen molar-refractivity contribution in [3.63, 3.8) is 0 Å². The first-order chi connectivity index (χ1) is 16.1. The third-order valence-corrected chi connectivity index (χ3v) is 6.08. The fourth-order valence-electron chi connectivity index (χ4n) is 4.12. The van der Waals surface area contributed by atoms with E-state index in [0.717, 1.165) is 37.3 Å². The highest BCUT2D eigenvalue weighted by molar-refractivity contribution is 5.94. The molecule has 0 amide bonds. The van der Waals surface area contributed by atoms with Crippen LogP contribution in [-0.2, 0) is 6.42 Å². The van der Waals surface area contributed by atoms with Gasteiger partial charge in [0.1, 0.15) is 23.0 Å². The van der Waals surface area contributed by atoms with E-state index in [-0.39, 0.29) is 5.82 Å². The van der Waals surface area contributed by atoms with Crippen molar-refractivity contribution in [2.75, 3.05) is 43.4 Å². The van der Waals surface area contributed by atoms with E-state index in [1.54, 1.807) is 18.3 Å². The number of aromatic nitrogens is 4. The maximum atomic E-state index is 14.5. The molecule has 0 unspecified atom stereocenters. The monoisotopic (exact) mass is 443 g/mol. The number of piperazine rings is 1. The van der Waals surface area contributed by atoms with Gasteiger partial charge in [0, 0.05) is 44.5 Å². The number of hydrogen-bond donors (Lipinski definition) is 1. The Hall–Kier alpha value is -3.65. The number of aryl methyl sites for hydroxylation is 1. The number of nitrogens with zero attached hydrogens (tertiary/aromatic N) is 6. The summed E-state index contributed by atoms with van der Waals surface area (Å²) in [5.41, 5.74) is 4.32. The number of halogens is 1. The number of fused-ring (bicyclic) bond motifs is 1. The Morgan fingerprint density at radius 2 is 1.79 bits per heavy atom. The van der Waals surface area contributed by atoms with E-state index < -0.39 is 0 Å². The van der Waals surface area contributed by atoms with Gasteiger partial charge in [-0.05, 0) is 49.4 Å². The number of benzene rings is 2. The summed E-state index contributed by atoms with van der Waals surface area (Å²) >= 11 is 0. The van der Waals surface area contributed by atoms with Crippen LogP contribution in [0.25, 0.3) is 10.9 Å². The van der Waals surface area contributed by atoms with Gasteiger partial charge in [0.15, 0.2) is 0 Å². The van der Waals surface area contributed by atoms with Gasteiger partial charge in [-0.3, -0.25) is 0 Å². The van der Waals surface area contributed by atoms with Crippen molar-refractivity contribution in [2.24, 2.45) is 0 Å². The zero-order valence-corrected chi connectivity index (χ0v) is 18.8. The Morgan fingerprint density at radius 3 is 2.58 bits per heavy atom. The van der Waals surface area contributed by atoms with Crippen LogP contribution in [0.4, 0.5) is 21.6 Å². The minimum Gasteiger partial charge on any atom is -0.369 e. The zero-order chi connectivity index (χ0) is 22.8. The lowest BCUT2D eigenvalue weighted by Crippen LogP contribution is -2.44. The van der Waals surface area contributed by atoms with Crippen molar-refractivity contribution in [3.05, 3.63) is 77.6 Å². The fraction of sp³-hybridized carbons (Fsp3) is 0.280. The van der Waals surface area contributed by atoms with E-state index in [4.69, 9.17) is 0 Å². The third kappa shape index (κ3) is 4.61. The van der Waals surface area contributed by atoms with Gasteiger partial charge in [-0.1, -0.05) is 18.2 Å². The summed E-state index contributed by atoms with van der Waals surface area (Å²) in [6.45, 7) is 6.15. The molecule has 0 atom stereocenters. The van der Waals surface area contributed by atoms with Crippen LogP contribution in [0.2, 0.25) is 0 Å². The molecule has 0 saturated carbocycles. The smallest absolute Gasteiger partial charge is 0.135 e. The summed E-state index contributed by atoms with van der Waals surface area (Å²) in [4.78, 5) is 13.8. The Bertz CT molecular complexity index is 1270. The molecular formula is C25H26FN7. The molecule has 3 heterocycles. The first-order valence-corrected chi connectivity index (χ1v) is 11.1. The molecule has 0 spiro atoms. The highest BCUT2D eigenvalue weighted by atomic mass is 19.1. The van der Waals surface area contributed by atoms with Crippen molar-refractivity contribution >= 4 is 28.1 Å². The quantitative estimate of drug-likeness (QED) is 0.501. The van der Waals surface area contributed by atoms with E-state index >= 15 is 0 Å². The molecule has 0 bridgehead atoms. The van der Waals surface area contributed by atoms with Gasteiger partial charge in [0.05, 0.1) is 17.3 Å². The Balaban J connectivity index is 1.32. The van der Waals surface area contributed by atoms with E-state index in [2.05, 4.69) is 66.6 Å². The Kier molecular flexibility index (Phi) is 5.83. The Labute approximate surface area is 192 Å². The molecule has 0 aliphatic carbocycles. The van der Waals surface area contributed by atoms with Gasteiger partial charge in [-0.25, -0.2) is 14.4 Å². The second-order valence-electron chi connectivity index (χ2n) is 8.46. The number of hydrogen-bond acceptors (Lipinski definition) is 7. The van der Waals surface area contributed by atoms with Crippen LogP contribution in [0, 0.1) is 12.7 Å². The molecule has 4 aromatic rings. The van der Waals surface area contributed by atoms with E-state index in [1.165, 1.54) is 18.0 Å². The van der Waals surface area contributed by atoms with Crippen molar-refractivity contribution in [2.45, 2.75) is 13.3 Å². The lowest BCUT2D eigenvalue weighted by molar-refractivity contribution is 0.313. The molecule has 1 N–H and O–H groups in total. The van der Waals surface area contributed by atoms with Crippen LogP contribution < -0.4 is 10.2 Å². The number of likely N-dealkylation sites (N-methyl/N-ethyl adjacent to an activating group) is 1. The largest absolute Gasteiger partial charge is 0.369 e. The number of anilines is 3. The average molecular weight is 444 g/mol. The molecule has 33 heavy (non-hydrogen) atoms. The van der Waals surface area contributed by atoms with E-state index in [1.807, 2.05) is 6.92 Å². The first-order valence-electron chi connectivity index (χ1n) is 11.1. The number of rotatable bonds is 5. The maximum Gasteiger partial charge on any atom is 0.135 e. The van der Waals surface area contributed by atoms with Gasteiger partial charge >= 0.3 is 0 Å². The predicted octanol–water partition coefficient (Wildman–Crippen LogP) is 3.95. The second-order valence-corrected chi connectivity index (χ2v) is 8.46. The summed E-state index contributed by atoms with van der Waals surface area (Å²) < 4.78 is 14.5. The van der Waals surface area contributed by atoms with Gasteiger partial charge in [-0.2, -0.15) is 5.10 Å². The standard InChI is InChI=1S/C25H26FN7/c1-17-3-8-20(26)24-21(16-28-31-25(17)24)29-22-9-10-27-23(30-22)15-18-4-6-19(7-5-18)33-13-11-32(2)12-14-33/h3-10,16H,11-15H2,1-2H3,(H,27,29,30,31). The lowest BCUT2D eigenvalue weighted by atomic mass is 10.1. The van der Waals surface area contributed by atoms with Crippen LogP contribution in [0.5, 0.6) is 0 Å². The molecule has 1 aliphatic heterocycles. The van der Waals surface area contributed by atoms with Crippen molar-refractivity contribution in [1.82, 2.24) is 25.1 Å². The van der Waals surface area contributed by atoms with Crippen LogP contribution in [0.1, 0.15) is 17.0 Å². The molecule has 2 aromatic heterocycles. The summed E-state index contributed by atoms with van der Waals surface area (Å²) in [6.07, 6.45) is 3.84. The molecule has 2 aromatic carbocycles. The normalized spacial score (nSPS) is 14.6. The molecule has 7 nitrogen and oxygen atoms in total. The highest BCUT2D eigenvalue weighted by Crippen LogP contribution is 2.28. The first kappa shape index (κ1) is 21.2. The highest BCUT2D eigenvalue weighted by Gasteiger charge is 2.15. The topological polar surface area (TPSA) is 70.1 Å². The van der Waals surface area contributed by atoms with Crippen molar-refractivity contribution in [3.8, 4) is 0 Å². The number of nitrogens with one attached hydrogen (secondary N) is 1. The minimum atomic E-state index is -0.345. The fourth-order valence-corrected chi connectivity index (χ4v) is 4.12. The molecule has 168 valence electrons. The van der Waals surface area contributed by atoms with Gasteiger partial charge in [0.2, 0.25) is 0 Å². The summed E-state index contributed by atoms with van der Waals surface area (Å²) in [7, 11) is 2.16. The lowest BCUT2D eigenvalue weighted by Gasteiger charge is -2.34. The molecule has 1 fully saturated rings. The van der Waals surface area contributed by atoms with E-state index in [0.29, 0.717) is 34.7 Å². The molecule has 8 heteroatoms. The van der Waals surface area contributed by atoms with Crippen LogP contribution in [0.15, 0.2) is 54.9 Å². The molecule has 5 rings (SSSR count). The molecular weight excluding hydrogens is 417 g/mol. The molecule has 0 radical (unpaired) electrons. The van der Waals surface area contributed by atoms with Crippen LogP contribution in [-0.4, -0.2) is 58.3 Å². The summed E-state index contributed by atoms with van der Waals surface area (Å²) in [6, 6.07) is 13.5. The average Bonchev–Trinajstić information content (AvgIpc) is 2.83. The minimum absolute atomic E-state index is 0.345. The van der Waals surface area contributed by atoms with Gasteiger partial charge in [-0.15, -0.1) is 5.10 Å². The van der Waals surface area contributed by atoms with Crippen LogP contribution >= 0.6 is 0 Å². The summed E-state index contributed by atoms with van der Waals surface area (Å²) in [5.74, 6) is 0.933. The molecule has 1 saturated heterocycles. The molecule has 1 aliphatic rings. The Morgan fingerprint density at radius 1 is 1.00 bits per heavy atom. The predicted molar refractivity (Wildman–Crippen MR) is 129 cm³/mol. The van der Waals surface area contributed by atoms with Gasteiger partial charge < -0.3 is 15.1 Å². The van der Waals surface area contributed by atoms with Crippen molar-refractivity contribution < 1.29 is 4.39 Å². The maximum absolute atomic E-state index is 14.5. The van der Waals surface area contributed by atoms with Crippen molar-refractivity contribution in [1.29, 1.82) is 0 Å². The summed E-state index contributed by atoms with van der Waals surface area (Å²) in [5, 5.41) is 11.7. The SMILES string of the molecule is Cc1ccc(F)c2c(Nc3ccnc(Cc4ccc(N5CCN(C)CC5)cc4)n3)cnnc12. The second kappa shape index (κ2) is 9.07. The zero-order valence-electron chi connectivity index (χ0n) is 18.8. The van der Waals surface area contributed by atoms with Gasteiger partial charge in [0.25, 0.3) is 0 Å².